The Bertz CT molecular complexity index is 297. The first kappa shape index (κ1) is 10.0. The van der Waals surface area contributed by atoms with Gasteiger partial charge in [0.15, 0.2) is 0 Å². The van der Waals surface area contributed by atoms with Gasteiger partial charge in [-0.1, -0.05) is 6.07 Å². The average molecular weight is 181 g/mol. The van der Waals surface area contributed by atoms with Crippen molar-refractivity contribution in [1.82, 2.24) is 0 Å². The summed E-state index contributed by atoms with van der Waals surface area (Å²) in [6.45, 7) is 2.76. The van der Waals surface area contributed by atoms with Crippen LogP contribution < -0.4 is 5.73 Å². The van der Waals surface area contributed by atoms with Gasteiger partial charge in [-0.15, -0.1) is 0 Å². The van der Waals surface area contributed by atoms with Crippen LogP contribution in [-0.2, 0) is 17.9 Å². The number of rotatable bonds is 3. The molecule has 0 spiro atoms. The molecule has 0 amide bonds. The molecule has 72 valence electrons. The van der Waals surface area contributed by atoms with E-state index in [0.717, 1.165) is 16.7 Å². The molecule has 3 nitrogen and oxygen atoms in total. The zero-order valence-electron chi connectivity index (χ0n) is 8.00. The average Bonchev–Trinajstić information content (AvgIpc) is 2.13. The van der Waals surface area contributed by atoms with Crippen molar-refractivity contribution in [3.05, 3.63) is 28.8 Å². The summed E-state index contributed by atoms with van der Waals surface area (Å²) in [5, 5.41) is 9.63. The Hall–Kier alpha value is -1.06. The van der Waals surface area contributed by atoms with Crippen LogP contribution >= 0.6 is 0 Å². The highest BCUT2D eigenvalue weighted by Gasteiger charge is 2.05. The Morgan fingerprint density at radius 3 is 2.69 bits per heavy atom. The molecule has 0 aromatic heterocycles. The predicted molar refractivity (Wildman–Crippen MR) is 51.4 cm³/mol. The Morgan fingerprint density at radius 1 is 1.46 bits per heavy atom. The third-order valence-electron chi connectivity index (χ3n) is 1.97. The van der Waals surface area contributed by atoms with Crippen molar-refractivity contribution in [2.75, 3.05) is 7.11 Å². The highest BCUT2D eigenvalue weighted by Crippen LogP contribution is 2.24. The van der Waals surface area contributed by atoms with Crippen molar-refractivity contribution in [1.29, 1.82) is 0 Å². The van der Waals surface area contributed by atoms with Gasteiger partial charge in [-0.2, -0.15) is 0 Å². The third-order valence-corrected chi connectivity index (χ3v) is 1.97. The monoisotopic (exact) mass is 181 g/mol. The zero-order valence-corrected chi connectivity index (χ0v) is 8.00. The molecule has 0 aliphatic carbocycles. The van der Waals surface area contributed by atoms with E-state index in [2.05, 4.69) is 0 Å². The van der Waals surface area contributed by atoms with Gasteiger partial charge in [-0.25, -0.2) is 0 Å². The Balaban J connectivity index is 3.09. The number of phenols is 1. The summed E-state index contributed by atoms with van der Waals surface area (Å²) in [6, 6.07) is 3.75. The predicted octanol–water partition coefficient (Wildman–Crippen LogP) is 1.31. The SMILES string of the molecule is COCc1cc(CN)cc(C)c1O. The quantitative estimate of drug-likeness (QED) is 0.739. The normalized spacial score (nSPS) is 10.4. The molecule has 1 aromatic carbocycles. The molecule has 0 aliphatic rings. The van der Waals surface area contributed by atoms with Crippen LogP contribution in [0.1, 0.15) is 16.7 Å². The first-order valence-electron chi connectivity index (χ1n) is 4.19. The first-order chi connectivity index (χ1) is 6.19. The van der Waals surface area contributed by atoms with Crippen LogP contribution in [0.25, 0.3) is 0 Å². The molecule has 3 heteroatoms. The number of hydrogen-bond donors (Lipinski definition) is 2. The maximum atomic E-state index is 9.63. The van der Waals surface area contributed by atoms with Crippen molar-refractivity contribution in [3.8, 4) is 5.75 Å². The topological polar surface area (TPSA) is 55.5 Å². The lowest BCUT2D eigenvalue weighted by Gasteiger charge is -2.08. The highest BCUT2D eigenvalue weighted by molar-refractivity contribution is 5.42. The van der Waals surface area contributed by atoms with Crippen LogP contribution in [0, 0.1) is 6.92 Å². The van der Waals surface area contributed by atoms with Crippen LogP contribution in [0.5, 0.6) is 5.75 Å². The van der Waals surface area contributed by atoms with Gasteiger partial charge in [0.2, 0.25) is 0 Å². The minimum absolute atomic E-state index is 0.305. The van der Waals surface area contributed by atoms with E-state index in [1.165, 1.54) is 0 Å². The smallest absolute Gasteiger partial charge is 0.124 e. The van der Waals surface area contributed by atoms with E-state index in [4.69, 9.17) is 10.5 Å². The van der Waals surface area contributed by atoms with Crippen LogP contribution in [0.15, 0.2) is 12.1 Å². The van der Waals surface area contributed by atoms with Crippen LogP contribution in [0.2, 0.25) is 0 Å². The Labute approximate surface area is 78.1 Å². The van der Waals surface area contributed by atoms with Gasteiger partial charge in [0.1, 0.15) is 5.75 Å². The van der Waals surface area contributed by atoms with Crippen molar-refractivity contribution < 1.29 is 9.84 Å². The van der Waals surface area contributed by atoms with E-state index in [0.29, 0.717) is 18.9 Å². The lowest BCUT2D eigenvalue weighted by atomic mass is 10.1. The van der Waals surface area contributed by atoms with Gasteiger partial charge in [-0.05, 0) is 24.1 Å². The summed E-state index contributed by atoms with van der Waals surface area (Å²) in [7, 11) is 1.60. The number of benzene rings is 1. The summed E-state index contributed by atoms with van der Waals surface area (Å²) in [5.74, 6) is 0.305. The molecule has 0 heterocycles. The number of aryl methyl sites for hydroxylation is 1. The van der Waals surface area contributed by atoms with E-state index in [1.54, 1.807) is 7.11 Å². The minimum atomic E-state index is 0.305. The fraction of sp³-hybridized carbons (Fsp3) is 0.400. The minimum Gasteiger partial charge on any atom is -0.507 e. The van der Waals surface area contributed by atoms with Crippen molar-refractivity contribution >= 4 is 0 Å². The Kier molecular flexibility index (Phi) is 3.28. The van der Waals surface area contributed by atoms with E-state index in [-0.39, 0.29) is 0 Å². The zero-order chi connectivity index (χ0) is 9.84. The maximum absolute atomic E-state index is 9.63. The van der Waals surface area contributed by atoms with E-state index in [9.17, 15) is 5.11 Å². The van der Waals surface area contributed by atoms with Crippen LogP contribution in [0.3, 0.4) is 0 Å². The highest BCUT2D eigenvalue weighted by atomic mass is 16.5. The molecule has 0 unspecified atom stereocenters. The fourth-order valence-electron chi connectivity index (χ4n) is 1.32. The number of hydrogen-bond acceptors (Lipinski definition) is 3. The molecule has 0 saturated carbocycles. The number of methoxy groups -OCH3 is 1. The van der Waals surface area contributed by atoms with E-state index >= 15 is 0 Å². The molecule has 3 N–H and O–H groups in total. The lowest BCUT2D eigenvalue weighted by molar-refractivity contribution is 0.182. The molecule has 0 saturated heterocycles. The molecule has 0 atom stereocenters. The van der Waals surface area contributed by atoms with Crippen molar-refractivity contribution in [2.24, 2.45) is 5.73 Å². The van der Waals surface area contributed by atoms with Gasteiger partial charge in [0.25, 0.3) is 0 Å². The molecular weight excluding hydrogens is 166 g/mol. The van der Waals surface area contributed by atoms with E-state index in [1.807, 2.05) is 19.1 Å². The fourth-order valence-corrected chi connectivity index (χ4v) is 1.32. The standard InChI is InChI=1S/C10H15NO2/c1-7-3-8(5-11)4-9(6-13-2)10(7)12/h3-4,12H,5-6,11H2,1-2H3. The van der Waals surface area contributed by atoms with Gasteiger partial charge < -0.3 is 15.6 Å². The molecule has 13 heavy (non-hydrogen) atoms. The van der Waals surface area contributed by atoms with Crippen LogP contribution in [-0.4, -0.2) is 12.2 Å². The molecule has 0 radical (unpaired) electrons. The summed E-state index contributed by atoms with van der Waals surface area (Å²) in [6.07, 6.45) is 0. The van der Waals surface area contributed by atoms with E-state index < -0.39 is 0 Å². The number of ether oxygens (including phenoxy) is 1. The van der Waals surface area contributed by atoms with Gasteiger partial charge in [0.05, 0.1) is 6.61 Å². The van der Waals surface area contributed by atoms with Crippen molar-refractivity contribution in [2.45, 2.75) is 20.1 Å². The number of aromatic hydroxyl groups is 1. The van der Waals surface area contributed by atoms with Gasteiger partial charge in [0, 0.05) is 19.2 Å². The molecular formula is C10H15NO2. The summed E-state index contributed by atoms with van der Waals surface area (Å²) >= 11 is 0. The third kappa shape index (κ3) is 2.20. The summed E-state index contributed by atoms with van der Waals surface area (Å²) < 4.78 is 4.96. The maximum Gasteiger partial charge on any atom is 0.124 e. The Morgan fingerprint density at radius 2 is 2.15 bits per heavy atom. The summed E-state index contributed by atoms with van der Waals surface area (Å²) in [5.41, 5.74) is 8.16. The second-order valence-corrected chi connectivity index (χ2v) is 3.06. The molecule has 0 bridgehead atoms. The number of nitrogens with two attached hydrogens (primary N) is 1. The first-order valence-corrected chi connectivity index (χ1v) is 4.19. The van der Waals surface area contributed by atoms with Gasteiger partial charge in [-0.3, -0.25) is 0 Å². The van der Waals surface area contributed by atoms with Gasteiger partial charge >= 0.3 is 0 Å². The molecule has 1 aromatic rings. The lowest BCUT2D eigenvalue weighted by Crippen LogP contribution is -1.99. The summed E-state index contributed by atoms with van der Waals surface area (Å²) in [4.78, 5) is 0. The second kappa shape index (κ2) is 4.25. The molecule has 0 aliphatic heterocycles. The molecule has 1 rings (SSSR count). The van der Waals surface area contributed by atoms with Crippen molar-refractivity contribution in [3.63, 3.8) is 0 Å². The van der Waals surface area contributed by atoms with Crippen LogP contribution in [0.4, 0.5) is 0 Å². The molecule has 0 fully saturated rings. The number of phenolic OH excluding ortho intramolecular Hbond substituents is 1. The largest absolute Gasteiger partial charge is 0.507 e. The second-order valence-electron chi connectivity index (χ2n) is 3.06.